The van der Waals surface area contributed by atoms with E-state index in [2.05, 4.69) is 0 Å². The molecule has 1 aliphatic rings. The van der Waals surface area contributed by atoms with Gasteiger partial charge in [0.15, 0.2) is 0 Å². The van der Waals surface area contributed by atoms with Crippen molar-refractivity contribution >= 4 is 29.4 Å². The Hall–Kier alpha value is -3.66. The zero-order chi connectivity index (χ0) is 21.1. The molecule has 0 radical (unpaired) electrons. The molecule has 0 aliphatic carbocycles. The highest BCUT2D eigenvalue weighted by molar-refractivity contribution is 6.22. The van der Waals surface area contributed by atoms with Crippen LogP contribution < -0.4 is 9.80 Å². The Morgan fingerprint density at radius 2 is 1.43 bits per heavy atom. The summed E-state index contributed by atoms with van der Waals surface area (Å²) >= 11 is 0. The predicted molar refractivity (Wildman–Crippen MR) is 122 cm³/mol. The number of amides is 3. The lowest BCUT2D eigenvalue weighted by atomic mass is 10.0. The van der Waals surface area contributed by atoms with Crippen molar-refractivity contribution in [1.82, 2.24) is 0 Å². The molecule has 1 unspecified atom stereocenters. The van der Waals surface area contributed by atoms with Gasteiger partial charge >= 0.3 is 6.03 Å². The lowest BCUT2D eigenvalue weighted by Gasteiger charge is -2.39. The molecule has 1 heterocycles. The molecule has 4 rings (SSSR count). The maximum Gasteiger partial charge on any atom is 0.336 e. The standard InChI is InChI=1S/C26H24N2O2/c1-19-8-6-12-22(16-19)27-24(15-14-21-10-4-3-5-11-21)18-25(29)28(26(27)30)23-13-7-9-20(2)17-23/h3-17,24H,18H2,1-2H3/b15-14+. The van der Waals surface area contributed by atoms with Crippen LogP contribution in [0.2, 0.25) is 0 Å². The highest BCUT2D eigenvalue weighted by Crippen LogP contribution is 2.30. The Kier molecular flexibility index (Phi) is 5.48. The van der Waals surface area contributed by atoms with Gasteiger partial charge in [0.1, 0.15) is 0 Å². The van der Waals surface area contributed by atoms with Crippen molar-refractivity contribution in [1.29, 1.82) is 0 Å². The van der Waals surface area contributed by atoms with Crippen molar-refractivity contribution in [2.24, 2.45) is 0 Å². The molecule has 4 heteroatoms. The first-order valence-electron chi connectivity index (χ1n) is 10.1. The molecule has 0 spiro atoms. The molecule has 0 aromatic heterocycles. The molecule has 4 nitrogen and oxygen atoms in total. The Morgan fingerprint density at radius 1 is 0.800 bits per heavy atom. The van der Waals surface area contributed by atoms with E-state index in [9.17, 15) is 9.59 Å². The third-order valence-corrected chi connectivity index (χ3v) is 5.21. The van der Waals surface area contributed by atoms with E-state index in [4.69, 9.17) is 0 Å². The third kappa shape index (κ3) is 4.03. The molecule has 3 amide bonds. The zero-order valence-corrected chi connectivity index (χ0v) is 17.2. The number of hydrogen-bond acceptors (Lipinski definition) is 2. The summed E-state index contributed by atoms with van der Waals surface area (Å²) in [6.07, 6.45) is 4.13. The normalized spacial score (nSPS) is 17.1. The molecular weight excluding hydrogens is 372 g/mol. The van der Waals surface area contributed by atoms with Gasteiger partial charge < -0.3 is 0 Å². The van der Waals surface area contributed by atoms with E-state index in [1.54, 1.807) is 11.0 Å². The maximum absolute atomic E-state index is 13.6. The van der Waals surface area contributed by atoms with Crippen molar-refractivity contribution in [3.05, 3.63) is 102 Å². The first-order chi connectivity index (χ1) is 14.5. The van der Waals surface area contributed by atoms with Crippen LogP contribution in [0.15, 0.2) is 84.9 Å². The van der Waals surface area contributed by atoms with Crippen LogP contribution in [0.4, 0.5) is 16.2 Å². The van der Waals surface area contributed by atoms with Gasteiger partial charge in [-0.15, -0.1) is 0 Å². The number of nitrogens with zero attached hydrogens (tertiary/aromatic N) is 2. The SMILES string of the molecule is Cc1cccc(N2C(=O)CC(/C=C/c3ccccc3)N(c3cccc(C)c3)C2=O)c1. The summed E-state index contributed by atoms with van der Waals surface area (Å²) in [6, 6.07) is 24.5. The fraction of sp³-hybridized carbons (Fsp3) is 0.154. The fourth-order valence-electron chi connectivity index (χ4n) is 3.76. The number of urea groups is 1. The first-order valence-corrected chi connectivity index (χ1v) is 10.1. The van der Waals surface area contributed by atoms with Crippen LogP contribution in [0.3, 0.4) is 0 Å². The number of anilines is 2. The lowest BCUT2D eigenvalue weighted by molar-refractivity contribution is -0.118. The van der Waals surface area contributed by atoms with Crippen LogP contribution >= 0.6 is 0 Å². The van der Waals surface area contributed by atoms with Crippen LogP contribution in [0.1, 0.15) is 23.1 Å². The van der Waals surface area contributed by atoms with Gasteiger partial charge in [0.2, 0.25) is 5.91 Å². The van der Waals surface area contributed by atoms with E-state index in [0.29, 0.717) is 5.69 Å². The van der Waals surface area contributed by atoms with Gasteiger partial charge in [-0.1, -0.05) is 66.7 Å². The summed E-state index contributed by atoms with van der Waals surface area (Å²) in [5.41, 5.74) is 4.48. The minimum absolute atomic E-state index is 0.197. The predicted octanol–water partition coefficient (Wildman–Crippen LogP) is 5.75. The molecule has 30 heavy (non-hydrogen) atoms. The average molecular weight is 396 g/mol. The minimum atomic E-state index is -0.354. The van der Waals surface area contributed by atoms with Gasteiger partial charge in [0.05, 0.1) is 18.2 Å². The quantitative estimate of drug-likeness (QED) is 0.563. The lowest BCUT2D eigenvalue weighted by Crippen LogP contribution is -2.57. The first kappa shape index (κ1) is 19.6. The Bertz CT molecular complexity index is 1100. The van der Waals surface area contributed by atoms with Crippen LogP contribution in [0.5, 0.6) is 0 Å². The van der Waals surface area contributed by atoms with E-state index in [1.165, 1.54) is 4.90 Å². The van der Waals surface area contributed by atoms with Crippen molar-refractivity contribution < 1.29 is 9.59 Å². The second-order valence-corrected chi connectivity index (χ2v) is 7.60. The molecule has 3 aromatic rings. The third-order valence-electron chi connectivity index (χ3n) is 5.21. The van der Waals surface area contributed by atoms with E-state index in [1.807, 2.05) is 98.8 Å². The summed E-state index contributed by atoms with van der Waals surface area (Å²) in [6.45, 7) is 3.95. The second kappa shape index (κ2) is 8.37. The average Bonchev–Trinajstić information content (AvgIpc) is 2.73. The van der Waals surface area contributed by atoms with Gasteiger partial charge in [0.25, 0.3) is 0 Å². The zero-order valence-electron chi connectivity index (χ0n) is 17.2. The minimum Gasteiger partial charge on any atom is -0.286 e. The molecule has 1 aliphatic heterocycles. The summed E-state index contributed by atoms with van der Waals surface area (Å²) < 4.78 is 0. The number of carbonyl (C=O) groups excluding carboxylic acids is 2. The van der Waals surface area contributed by atoms with Crippen LogP contribution in [-0.4, -0.2) is 18.0 Å². The number of hydrogen-bond donors (Lipinski definition) is 0. The van der Waals surface area contributed by atoms with Crippen LogP contribution in [0, 0.1) is 13.8 Å². The van der Waals surface area contributed by atoms with Crippen molar-refractivity contribution in [2.75, 3.05) is 9.80 Å². The van der Waals surface area contributed by atoms with Crippen LogP contribution in [-0.2, 0) is 4.79 Å². The number of benzene rings is 3. The number of rotatable bonds is 4. The number of carbonyl (C=O) groups is 2. The molecule has 0 bridgehead atoms. The number of aryl methyl sites for hydroxylation is 2. The molecule has 1 atom stereocenters. The smallest absolute Gasteiger partial charge is 0.286 e. The Labute approximate surface area is 177 Å². The van der Waals surface area contributed by atoms with Gasteiger partial charge in [-0.3, -0.25) is 9.69 Å². The van der Waals surface area contributed by atoms with Gasteiger partial charge in [-0.05, 0) is 54.8 Å². The van der Waals surface area contributed by atoms with E-state index in [0.717, 1.165) is 22.4 Å². The summed E-state index contributed by atoms with van der Waals surface area (Å²) in [7, 11) is 0. The van der Waals surface area contributed by atoms with Gasteiger partial charge in [-0.25, -0.2) is 9.69 Å². The highest BCUT2D eigenvalue weighted by atomic mass is 16.2. The molecule has 0 N–H and O–H groups in total. The van der Waals surface area contributed by atoms with Crippen LogP contribution in [0.25, 0.3) is 6.08 Å². The van der Waals surface area contributed by atoms with Crippen molar-refractivity contribution in [2.45, 2.75) is 26.3 Å². The number of imide groups is 1. The molecule has 1 fully saturated rings. The molecule has 150 valence electrons. The van der Waals surface area contributed by atoms with Gasteiger partial charge in [0, 0.05) is 5.69 Å². The van der Waals surface area contributed by atoms with Gasteiger partial charge in [-0.2, -0.15) is 0 Å². The largest absolute Gasteiger partial charge is 0.336 e. The molecule has 0 saturated carbocycles. The molecular formula is C26H24N2O2. The Morgan fingerprint density at radius 3 is 2.10 bits per heavy atom. The highest BCUT2D eigenvalue weighted by Gasteiger charge is 2.39. The van der Waals surface area contributed by atoms with Crippen molar-refractivity contribution in [3.63, 3.8) is 0 Å². The Balaban J connectivity index is 1.74. The van der Waals surface area contributed by atoms with E-state index in [-0.39, 0.29) is 24.4 Å². The second-order valence-electron chi connectivity index (χ2n) is 7.60. The summed E-state index contributed by atoms with van der Waals surface area (Å²) in [4.78, 5) is 29.6. The van der Waals surface area contributed by atoms with E-state index >= 15 is 0 Å². The summed E-state index contributed by atoms with van der Waals surface area (Å²) in [5, 5.41) is 0. The maximum atomic E-state index is 13.6. The monoisotopic (exact) mass is 396 g/mol. The topological polar surface area (TPSA) is 40.6 Å². The summed E-state index contributed by atoms with van der Waals surface area (Å²) in [5.74, 6) is -0.197. The molecule has 3 aromatic carbocycles. The van der Waals surface area contributed by atoms with E-state index < -0.39 is 0 Å². The fourth-order valence-corrected chi connectivity index (χ4v) is 3.76. The molecule has 1 saturated heterocycles. The van der Waals surface area contributed by atoms with Crippen molar-refractivity contribution in [3.8, 4) is 0 Å².